The van der Waals surface area contributed by atoms with Crippen molar-refractivity contribution in [3.63, 3.8) is 0 Å². The molecule has 0 atom stereocenters. The summed E-state index contributed by atoms with van der Waals surface area (Å²) in [6.45, 7) is 13.0. The van der Waals surface area contributed by atoms with E-state index in [1.54, 1.807) is 6.92 Å². The van der Waals surface area contributed by atoms with Crippen LogP contribution in [0.1, 0.15) is 128 Å². The summed E-state index contributed by atoms with van der Waals surface area (Å²) in [5, 5.41) is 2.13. The molecule has 4 nitrogen and oxygen atoms in total. The van der Waals surface area contributed by atoms with Crippen molar-refractivity contribution < 1.29 is 9.53 Å². The predicted molar refractivity (Wildman–Crippen MR) is 197 cm³/mol. The quantitative estimate of drug-likeness (QED) is 0.130. The minimum absolute atomic E-state index is 0. The highest BCUT2D eigenvalue weighted by Gasteiger charge is 2.20. The summed E-state index contributed by atoms with van der Waals surface area (Å²) in [5.74, 6) is 2.08. The van der Waals surface area contributed by atoms with Gasteiger partial charge in [-0.3, -0.25) is 4.79 Å². The Balaban J connectivity index is 0.00000675. The van der Waals surface area contributed by atoms with E-state index in [-0.39, 0.29) is 28.3 Å². The number of ether oxygens (including phenoxy) is 1. The number of hydrogen-bond donors (Lipinski definition) is 0. The Morgan fingerprint density at radius 2 is 1.45 bits per heavy atom. The van der Waals surface area contributed by atoms with Crippen LogP contribution in [0.25, 0.3) is 0 Å². The second-order valence-electron chi connectivity index (χ2n) is 13.2. The van der Waals surface area contributed by atoms with Gasteiger partial charge in [-0.15, -0.1) is 28.7 Å². The molecule has 44 heavy (non-hydrogen) atoms. The third kappa shape index (κ3) is 14.0. The summed E-state index contributed by atoms with van der Waals surface area (Å²) in [6, 6.07) is 15.1. The lowest BCUT2D eigenvalue weighted by Gasteiger charge is -2.25. The fourth-order valence-electron chi connectivity index (χ4n) is 5.70. The van der Waals surface area contributed by atoms with Crippen LogP contribution in [0, 0.1) is 0 Å². The molecule has 1 aliphatic rings. The first-order valence-electron chi connectivity index (χ1n) is 16.9. The largest absolute Gasteiger partial charge is 0.493 e. The van der Waals surface area contributed by atoms with Crippen molar-refractivity contribution in [1.82, 2.24) is 4.90 Å². The number of amides is 1. The van der Waals surface area contributed by atoms with Crippen LogP contribution in [0.5, 0.6) is 5.75 Å². The molecule has 0 saturated carbocycles. The summed E-state index contributed by atoms with van der Waals surface area (Å²) in [4.78, 5) is 16.8. The third-order valence-corrected chi connectivity index (χ3v) is 9.15. The molecular weight excluding hydrogens is 628 g/mol. The minimum atomic E-state index is -0.0129. The van der Waals surface area contributed by atoms with Gasteiger partial charge < -0.3 is 14.5 Å². The number of carbonyl (C=O) groups excluding carboxylic acids is 1. The van der Waals surface area contributed by atoms with Crippen molar-refractivity contribution in [1.29, 1.82) is 0 Å². The van der Waals surface area contributed by atoms with Crippen LogP contribution >= 0.6 is 28.7 Å². The van der Waals surface area contributed by atoms with Crippen molar-refractivity contribution in [2.45, 2.75) is 130 Å². The fourth-order valence-corrected chi connectivity index (χ4v) is 6.42. The molecule has 2 aromatic rings. The molecule has 0 fully saturated rings. The van der Waals surface area contributed by atoms with Gasteiger partial charge in [0.2, 0.25) is 5.91 Å². The molecule has 0 saturated heterocycles. The summed E-state index contributed by atoms with van der Waals surface area (Å²) in [5.41, 5.74) is 4.69. The van der Waals surface area contributed by atoms with Gasteiger partial charge in [0, 0.05) is 31.9 Å². The number of rotatable bonds is 20. The smallest absolute Gasteiger partial charge is 0.223 e. The Hall–Kier alpha value is -1.92. The highest BCUT2D eigenvalue weighted by Crippen LogP contribution is 2.33. The second-order valence-corrected chi connectivity index (χ2v) is 14.1. The van der Waals surface area contributed by atoms with Gasteiger partial charge in [-0.25, -0.2) is 0 Å². The second kappa shape index (κ2) is 21.0. The molecule has 6 heteroatoms. The molecule has 0 N–H and O–H groups in total. The first-order chi connectivity index (χ1) is 20.8. The number of benzene rings is 2. The predicted octanol–water partition coefficient (Wildman–Crippen LogP) is 11.2. The molecule has 0 aromatic heterocycles. The Kier molecular flexibility index (Phi) is 18.2. The molecule has 0 spiro atoms. The molecule has 1 amide bonds. The lowest BCUT2D eigenvalue weighted by atomic mass is 9.85. The molecule has 0 bridgehead atoms. The normalized spacial score (nSPS) is 12.8. The summed E-state index contributed by atoms with van der Waals surface area (Å²) in [6.07, 6.45) is 19.2. The first kappa shape index (κ1) is 38.3. The standard InChI is InChI=1S/C38H58N2O2S.BrH/c1-6-7-8-9-10-11-12-13-14-15-16-17-27-42-37-23-20-33(29-36(37)38(3,4)5)24-25-40(32(2)41)35-21-18-34(19-22-35)30-39-26-28-43-31-39;/h18-23,26,28-29H,6-17,24-25,27,30-31H2,1-5H3;1H. The molecule has 0 aliphatic carbocycles. The number of thioether (sulfide) groups is 1. The number of anilines is 1. The monoisotopic (exact) mass is 686 g/mol. The molecule has 3 rings (SSSR count). The fraction of sp³-hybridized carbons (Fsp3) is 0.605. The number of halogens is 1. The average molecular weight is 688 g/mol. The van der Waals surface area contributed by atoms with Crippen LogP contribution in [0.4, 0.5) is 5.69 Å². The van der Waals surface area contributed by atoms with E-state index in [1.165, 1.54) is 87.3 Å². The van der Waals surface area contributed by atoms with Crippen LogP contribution in [-0.2, 0) is 23.2 Å². The Morgan fingerprint density at radius 3 is 2.00 bits per heavy atom. The highest BCUT2D eigenvalue weighted by molar-refractivity contribution is 8.93. The van der Waals surface area contributed by atoms with E-state index in [2.05, 4.69) is 86.7 Å². The van der Waals surface area contributed by atoms with Gasteiger partial charge in [-0.05, 0) is 58.6 Å². The first-order valence-corrected chi connectivity index (χ1v) is 18.0. The van der Waals surface area contributed by atoms with Crippen molar-refractivity contribution in [2.24, 2.45) is 0 Å². The van der Waals surface area contributed by atoms with Crippen LogP contribution in [0.15, 0.2) is 54.1 Å². The Bertz CT molecular complexity index is 1110. The Labute approximate surface area is 284 Å². The van der Waals surface area contributed by atoms with E-state index in [4.69, 9.17) is 4.74 Å². The van der Waals surface area contributed by atoms with Gasteiger partial charge in [0.25, 0.3) is 0 Å². The molecule has 246 valence electrons. The molecule has 1 aliphatic heterocycles. The molecule has 2 aromatic carbocycles. The van der Waals surface area contributed by atoms with Crippen LogP contribution in [0.3, 0.4) is 0 Å². The summed E-state index contributed by atoms with van der Waals surface area (Å²) >= 11 is 1.82. The van der Waals surface area contributed by atoms with Gasteiger partial charge in [0.1, 0.15) is 5.75 Å². The van der Waals surface area contributed by atoms with Crippen molar-refractivity contribution >= 4 is 40.3 Å². The Morgan fingerprint density at radius 1 is 0.864 bits per heavy atom. The maximum absolute atomic E-state index is 12.6. The van der Waals surface area contributed by atoms with Gasteiger partial charge >= 0.3 is 0 Å². The lowest BCUT2D eigenvalue weighted by molar-refractivity contribution is -0.116. The van der Waals surface area contributed by atoms with E-state index in [9.17, 15) is 4.79 Å². The van der Waals surface area contributed by atoms with Gasteiger partial charge in [-0.1, -0.05) is 123 Å². The minimum Gasteiger partial charge on any atom is -0.493 e. The number of hydrogen-bond acceptors (Lipinski definition) is 4. The number of nitrogens with zero attached hydrogens (tertiary/aromatic N) is 2. The maximum atomic E-state index is 12.6. The van der Waals surface area contributed by atoms with E-state index in [0.29, 0.717) is 6.54 Å². The summed E-state index contributed by atoms with van der Waals surface area (Å²) in [7, 11) is 0. The van der Waals surface area contributed by atoms with E-state index in [1.807, 2.05) is 16.7 Å². The third-order valence-electron chi connectivity index (χ3n) is 8.35. The zero-order chi connectivity index (χ0) is 30.9. The highest BCUT2D eigenvalue weighted by atomic mass is 79.9. The number of carbonyl (C=O) groups is 1. The zero-order valence-electron chi connectivity index (χ0n) is 28.2. The molecule has 0 radical (unpaired) electrons. The zero-order valence-corrected chi connectivity index (χ0v) is 30.8. The van der Waals surface area contributed by atoms with Gasteiger partial charge in [0.15, 0.2) is 0 Å². The lowest BCUT2D eigenvalue weighted by Crippen LogP contribution is -2.30. The van der Waals surface area contributed by atoms with E-state index in [0.717, 1.165) is 43.3 Å². The molecular formula is C38H59BrN2O2S. The van der Waals surface area contributed by atoms with Crippen LogP contribution in [0.2, 0.25) is 0 Å². The number of unbranched alkanes of at least 4 members (excludes halogenated alkanes) is 11. The van der Waals surface area contributed by atoms with Gasteiger partial charge in [0.05, 0.1) is 12.5 Å². The van der Waals surface area contributed by atoms with E-state index < -0.39 is 0 Å². The van der Waals surface area contributed by atoms with Crippen LogP contribution < -0.4 is 9.64 Å². The molecule has 0 unspecified atom stereocenters. The molecule has 1 heterocycles. The summed E-state index contributed by atoms with van der Waals surface area (Å²) < 4.78 is 6.33. The van der Waals surface area contributed by atoms with Crippen molar-refractivity contribution in [2.75, 3.05) is 23.9 Å². The van der Waals surface area contributed by atoms with Crippen molar-refractivity contribution in [3.8, 4) is 5.75 Å². The topological polar surface area (TPSA) is 32.8 Å². The van der Waals surface area contributed by atoms with E-state index >= 15 is 0 Å². The van der Waals surface area contributed by atoms with Gasteiger partial charge in [-0.2, -0.15) is 0 Å². The maximum Gasteiger partial charge on any atom is 0.223 e. The van der Waals surface area contributed by atoms with Crippen LogP contribution in [-0.4, -0.2) is 29.8 Å². The van der Waals surface area contributed by atoms with Crippen molar-refractivity contribution in [3.05, 3.63) is 70.8 Å². The average Bonchev–Trinajstić information content (AvgIpc) is 3.49. The SMILES string of the molecule is Br.CCCCCCCCCCCCCCOc1ccc(CCN(C(C)=O)c2ccc(CN3C=CSC3)cc2)cc1C(C)(C)C.